The maximum atomic E-state index is 12.0. The molecular formula is C10H10Cl2F3NO. The van der Waals surface area contributed by atoms with Crippen molar-refractivity contribution in [3.05, 3.63) is 33.8 Å². The normalized spacial score (nSPS) is 13.8. The average Bonchev–Trinajstić information content (AvgIpc) is 2.15. The summed E-state index contributed by atoms with van der Waals surface area (Å²) in [6.45, 7) is -1.67. The summed E-state index contributed by atoms with van der Waals surface area (Å²) in [6, 6.07) is 3.52. The van der Waals surface area contributed by atoms with Crippen molar-refractivity contribution in [2.24, 2.45) is 0 Å². The van der Waals surface area contributed by atoms with Crippen LogP contribution in [0.5, 0.6) is 0 Å². The minimum absolute atomic E-state index is 0.305. The van der Waals surface area contributed by atoms with Crippen molar-refractivity contribution >= 4 is 23.2 Å². The van der Waals surface area contributed by atoms with Crippen LogP contribution in [0.3, 0.4) is 0 Å². The second-order valence-electron chi connectivity index (χ2n) is 3.43. The Bertz CT molecular complexity index is 364. The van der Waals surface area contributed by atoms with Crippen LogP contribution >= 0.6 is 23.2 Å². The summed E-state index contributed by atoms with van der Waals surface area (Å²) in [7, 11) is 0. The summed E-state index contributed by atoms with van der Waals surface area (Å²) in [5.41, 5.74) is 0.411. The van der Waals surface area contributed by atoms with Crippen molar-refractivity contribution in [1.29, 1.82) is 0 Å². The van der Waals surface area contributed by atoms with Gasteiger partial charge in [0.1, 0.15) is 0 Å². The molecule has 0 aliphatic rings. The molecule has 1 aromatic carbocycles. The Morgan fingerprint density at radius 3 is 2.12 bits per heavy atom. The van der Waals surface area contributed by atoms with Gasteiger partial charge in [0.05, 0.1) is 19.2 Å². The van der Waals surface area contributed by atoms with E-state index in [1.807, 2.05) is 0 Å². The number of nitrogens with one attached hydrogen (secondary N) is 1. The summed E-state index contributed by atoms with van der Waals surface area (Å²) in [5, 5.41) is 11.8. The molecular weight excluding hydrogens is 278 g/mol. The first-order valence-corrected chi connectivity index (χ1v) is 5.44. The molecule has 0 heterocycles. The van der Waals surface area contributed by atoms with Gasteiger partial charge in [0.25, 0.3) is 0 Å². The Morgan fingerprint density at radius 2 is 1.71 bits per heavy atom. The lowest BCUT2D eigenvalue weighted by Crippen LogP contribution is -2.33. The fraction of sp³-hybridized carbons (Fsp3) is 0.400. The van der Waals surface area contributed by atoms with Gasteiger partial charge in [0.15, 0.2) is 0 Å². The molecule has 7 heteroatoms. The highest BCUT2D eigenvalue weighted by Crippen LogP contribution is 2.24. The van der Waals surface area contributed by atoms with Gasteiger partial charge in [-0.3, -0.25) is 5.32 Å². The van der Waals surface area contributed by atoms with Crippen LogP contribution in [0.2, 0.25) is 10.0 Å². The first-order chi connectivity index (χ1) is 7.81. The van der Waals surface area contributed by atoms with Crippen molar-refractivity contribution in [3.8, 4) is 0 Å². The van der Waals surface area contributed by atoms with Crippen LogP contribution < -0.4 is 5.32 Å². The molecule has 96 valence electrons. The lowest BCUT2D eigenvalue weighted by molar-refractivity contribution is -0.126. The van der Waals surface area contributed by atoms with Gasteiger partial charge in [-0.2, -0.15) is 13.2 Å². The van der Waals surface area contributed by atoms with E-state index in [9.17, 15) is 13.2 Å². The molecule has 0 aliphatic carbocycles. The van der Waals surface area contributed by atoms with Crippen molar-refractivity contribution in [2.45, 2.75) is 12.2 Å². The summed E-state index contributed by atoms with van der Waals surface area (Å²) >= 11 is 11.5. The van der Waals surface area contributed by atoms with Crippen molar-refractivity contribution in [2.75, 3.05) is 13.2 Å². The molecule has 17 heavy (non-hydrogen) atoms. The molecule has 1 atom stereocenters. The van der Waals surface area contributed by atoms with Crippen LogP contribution in [0.4, 0.5) is 13.2 Å². The van der Waals surface area contributed by atoms with Gasteiger partial charge in [-0.1, -0.05) is 23.2 Å². The van der Waals surface area contributed by atoms with Crippen LogP contribution in [0, 0.1) is 0 Å². The molecule has 0 saturated heterocycles. The molecule has 2 nitrogen and oxygen atoms in total. The van der Waals surface area contributed by atoms with E-state index in [-0.39, 0.29) is 0 Å². The number of benzene rings is 1. The fourth-order valence-corrected chi connectivity index (χ4v) is 1.85. The Labute approximate surface area is 106 Å². The molecule has 1 aromatic rings. The fourth-order valence-electron chi connectivity index (χ4n) is 1.30. The molecule has 1 unspecified atom stereocenters. The lowest BCUT2D eigenvalue weighted by atomic mass is 10.1. The Morgan fingerprint density at radius 1 is 1.18 bits per heavy atom. The topological polar surface area (TPSA) is 32.3 Å². The third-order valence-electron chi connectivity index (χ3n) is 2.02. The number of hydrogen-bond donors (Lipinski definition) is 2. The summed E-state index contributed by atoms with van der Waals surface area (Å²) in [5.74, 6) is 0. The van der Waals surface area contributed by atoms with E-state index >= 15 is 0 Å². The number of halogens is 5. The zero-order valence-electron chi connectivity index (χ0n) is 8.56. The highest BCUT2D eigenvalue weighted by Gasteiger charge is 2.28. The van der Waals surface area contributed by atoms with Gasteiger partial charge in [-0.25, -0.2) is 0 Å². The predicted octanol–water partition coefficient (Wildman–Crippen LogP) is 3.18. The maximum Gasteiger partial charge on any atom is 0.401 e. The molecule has 0 saturated carbocycles. The average molecular weight is 288 g/mol. The van der Waals surface area contributed by atoms with E-state index in [1.54, 1.807) is 0 Å². The first kappa shape index (κ1) is 14.6. The van der Waals surface area contributed by atoms with Crippen LogP contribution in [0.25, 0.3) is 0 Å². The van der Waals surface area contributed by atoms with Gasteiger partial charge < -0.3 is 5.11 Å². The van der Waals surface area contributed by atoms with Crippen LogP contribution in [0.1, 0.15) is 11.6 Å². The van der Waals surface area contributed by atoms with Gasteiger partial charge in [0, 0.05) is 10.0 Å². The largest absolute Gasteiger partial charge is 0.401 e. The molecule has 0 aliphatic heterocycles. The standard InChI is InChI=1S/C10H10Cl2F3NO/c11-7-1-6(2-8(12)3-7)9(4-17)16-5-10(13,14)15/h1-3,9,16-17H,4-5H2. The zero-order valence-corrected chi connectivity index (χ0v) is 10.1. The molecule has 0 aromatic heterocycles. The predicted molar refractivity (Wildman–Crippen MR) is 60.3 cm³/mol. The molecule has 1 rings (SSSR count). The van der Waals surface area contributed by atoms with Crippen molar-refractivity contribution < 1.29 is 18.3 Å². The smallest absolute Gasteiger partial charge is 0.394 e. The molecule has 2 N–H and O–H groups in total. The van der Waals surface area contributed by atoms with Crippen LogP contribution in [0.15, 0.2) is 18.2 Å². The first-order valence-electron chi connectivity index (χ1n) is 4.69. The van der Waals surface area contributed by atoms with E-state index in [2.05, 4.69) is 5.32 Å². The molecule has 0 amide bonds. The molecule has 0 fully saturated rings. The lowest BCUT2D eigenvalue weighted by Gasteiger charge is -2.18. The third kappa shape index (κ3) is 5.12. The zero-order chi connectivity index (χ0) is 13.1. The van der Waals surface area contributed by atoms with E-state index < -0.39 is 25.4 Å². The Balaban J connectivity index is 2.79. The van der Waals surface area contributed by atoms with E-state index in [0.29, 0.717) is 15.6 Å². The van der Waals surface area contributed by atoms with Gasteiger partial charge in [0.2, 0.25) is 0 Å². The van der Waals surface area contributed by atoms with Crippen LogP contribution in [-0.2, 0) is 0 Å². The minimum atomic E-state index is -4.34. The van der Waals surface area contributed by atoms with Crippen molar-refractivity contribution in [1.82, 2.24) is 5.32 Å². The highest BCUT2D eigenvalue weighted by atomic mass is 35.5. The van der Waals surface area contributed by atoms with Gasteiger partial charge in [-0.05, 0) is 23.8 Å². The SMILES string of the molecule is OCC(NCC(F)(F)F)c1cc(Cl)cc(Cl)c1. The number of aliphatic hydroxyl groups is 1. The monoisotopic (exact) mass is 287 g/mol. The molecule has 0 spiro atoms. The number of rotatable bonds is 4. The van der Waals surface area contributed by atoms with Gasteiger partial charge >= 0.3 is 6.18 Å². The Hall–Kier alpha value is -0.490. The third-order valence-corrected chi connectivity index (χ3v) is 2.46. The maximum absolute atomic E-state index is 12.0. The van der Waals surface area contributed by atoms with Gasteiger partial charge in [-0.15, -0.1) is 0 Å². The number of hydrogen-bond acceptors (Lipinski definition) is 2. The quantitative estimate of drug-likeness (QED) is 0.892. The second kappa shape index (κ2) is 5.91. The van der Waals surface area contributed by atoms with E-state index in [0.717, 1.165) is 0 Å². The van der Waals surface area contributed by atoms with E-state index in [4.69, 9.17) is 28.3 Å². The second-order valence-corrected chi connectivity index (χ2v) is 4.31. The highest BCUT2D eigenvalue weighted by molar-refractivity contribution is 6.34. The van der Waals surface area contributed by atoms with E-state index in [1.165, 1.54) is 18.2 Å². The minimum Gasteiger partial charge on any atom is -0.394 e. The number of aliphatic hydroxyl groups excluding tert-OH is 1. The summed E-state index contributed by atoms with van der Waals surface area (Å²) < 4.78 is 36.1. The summed E-state index contributed by atoms with van der Waals surface area (Å²) in [6.07, 6.45) is -4.34. The summed E-state index contributed by atoms with van der Waals surface area (Å²) in [4.78, 5) is 0. The van der Waals surface area contributed by atoms with Crippen LogP contribution in [-0.4, -0.2) is 24.4 Å². The van der Waals surface area contributed by atoms with Crippen molar-refractivity contribution in [3.63, 3.8) is 0 Å². The Kier molecular flexibility index (Phi) is 5.06. The number of alkyl halides is 3. The molecule has 0 radical (unpaired) electrons. The molecule has 0 bridgehead atoms.